The average Bonchev–Trinajstić information content (AvgIpc) is 3.18. The van der Waals surface area contributed by atoms with E-state index in [-0.39, 0.29) is 12.5 Å². The van der Waals surface area contributed by atoms with Crippen LogP contribution in [-0.4, -0.2) is 11.9 Å². The van der Waals surface area contributed by atoms with Gasteiger partial charge in [-0.25, -0.2) is 0 Å². The predicted molar refractivity (Wildman–Crippen MR) is 83.0 cm³/mol. The monoisotopic (exact) mass is 296 g/mol. The summed E-state index contributed by atoms with van der Waals surface area (Å²) in [7, 11) is 0. The van der Waals surface area contributed by atoms with Crippen LogP contribution in [0.25, 0.3) is 22.3 Å². The molecule has 1 N–H and O–H groups in total. The Kier molecular flexibility index (Phi) is 2.82. The predicted octanol–water partition coefficient (Wildman–Crippen LogP) is 4.52. The first-order valence-corrected chi connectivity index (χ1v) is 7.51. The highest BCUT2D eigenvalue weighted by Gasteiger charge is 2.15. The fourth-order valence-corrected chi connectivity index (χ4v) is 3.11. The van der Waals surface area contributed by atoms with E-state index in [4.69, 9.17) is 9.47 Å². The highest BCUT2D eigenvalue weighted by atomic mass is 32.1. The van der Waals surface area contributed by atoms with E-state index in [0.29, 0.717) is 5.75 Å². The summed E-state index contributed by atoms with van der Waals surface area (Å²) in [5.74, 6) is 1.72. The summed E-state index contributed by atoms with van der Waals surface area (Å²) in [6.07, 6.45) is 0. The number of rotatable bonds is 2. The maximum atomic E-state index is 10.3. The molecule has 3 nitrogen and oxygen atoms in total. The fraction of sp³-hybridized carbons (Fsp3) is 0.0588. The number of thiophene rings is 1. The molecule has 0 fully saturated rings. The minimum Gasteiger partial charge on any atom is -0.507 e. The number of fused-ring (bicyclic) bond motifs is 1. The molecule has 4 heteroatoms. The Balaban J connectivity index is 1.76. The number of phenols is 1. The lowest BCUT2D eigenvalue weighted by Crippen LogP contribution is -1.92. The second-order valence-corrected chi connectivity index (χ2v) is 5.59. The Morgan fingerprint density at radius 3 is 2.52 bits per heavy atom. The van der Waals surface area contributed by atoms with Crippen LogP contribution < -0.4 is 9.47 Å². The molecule has 0 unspecified atom stereocenters. The van der Waals surface area contributed by atoms with Crippen molar-refractivity contribution in [3.63, 3.8) is 0 Å². The van der Waals surface area contributed by atoms with Crippen molar-refractivity contribution in [2.45, 2.75) is 0 Å². The minimum absolute atomic E-state index is 0.252. The van der Waals surface area contributed by atoms with Crippen molar-refractivity contribution >= 4 is 11.3 Å². The van der Waals surface area contributed by atoms with Crippen molar-refractivity contribution in [2.75, 3.05) is 6.79 Å². The van der Waals surface area contributed by atoms with Gasteiger partial charge in [0, 0.05) is 5.56 Å². The van der Waals surface area contributed by atoms with Crippen molar-refractivity contribution in [3.05, 3.63) is 53.2 Å². The van der Waals surface area contributed by atoms with E-state index in [1.165, 1.54) is 0 Å². The summed E-state index contributed by atoms with van der Waals surface area (Å²) in [5.41, 5.74) is 3.83. The summed E-state index contributed by atoms with van der Waals surface area (Å²) in [5, 5.41) is 14.4. The normalized spacial score (nSPS) is 12.6. The van der Waals surface area contributed by atoms with Crippen molar-refractivity contribution in [2.24, 2.45) is 0 Å². The average molecular weight is 296 g/mol. The molecule has 2 heterocycles. The van der Waals surface area contributed by atoms with Crippen LogP contribution in [0.3, 0.4) is 0 Å². The lowest BCUT2D eigenvalue weighted by Gasteiger charge is -2.08. The molecule has 0 aliphatic carbocycles. The molecule has 21 heavy (non-hydrogen) atoms. The second kappa shape index (κ2) is 4.82. The fourth-order valence-electron chi connectivity index (χ4n) is 2.45. The molecule has 0 spiro atoms. The lowest BCUT2D eigenvalue weighted by atomic mass is 10.00. The van der Waals surface area contributed by atoms with Gasteiger partial charge in [-0.1, -0.05) is 18.2 Å². The zero-order chi connectivity index (χ0) is 14.2. The highest BCUT2D eigenvalue weighted by molar-refractivity contribution is 7.08. The smallest absolute Gasteiger partial charge is 0.231 e. The van der Waals surface area contributed by atoms with Gasteiger partial charge in [-0.3, -0.25) is 0 Å². The third kappa shape index (κ3) is 2.14. The number of benzene rings is 2. The summed E-state index contributed by atoms with van der Waals surface area (Å²) >= 11 is 1.64. The number of aromatic hydroxyl groups is 1. The Morgan fingerprint density at radius 2 is 1.71 bits per heavy atom. The van der Waals surface area contributed by atoms with Crippen LogP contribution in [0.5, 0.6) is 17.2 Å². The SMILES string of the molecule is Oc1cc(-c2ccsc2)ccc1-c1ccc2c(c1)OCO2. The number of ether oxygens (including phenoxy) is 2. The number of hydrogen-bond donors (Lipinski definition) is 1. The van der Waals surface area contributed by atoms with E-state index in [0.717, 1.165) is 28.0 Å². The Morgan fingerprint density at radius 1 is 0.857 bits per heavy atom. The van der Waals surface area contributed by atoms with Crippen LogP contribution in [0.15, 0.2) is 53.2 Å². The molecule has 0 bridgehead atoms. The van der Waals surface area contributed by atoms with Crippen molar-refractivity contribution in [1.29, 1.82) is 0 Å². The van der Waals surface area contributed by atoms with Gasteiger partial charge in [0.2, 0.25) is 6.79 Å². The third-order valence-electron chi connectivity index (χ3n) is 3.54. The maximum absolute atomic E-state index is 10.3. The molecule has 0 saturated carbocycles. The molecule has 1 aliphatic heterocycles. The molecule has 1 aromatic heterocycles. The van der Waals surface area contributed by atoms with Gasteiger partial charge in [0.25, 0.3) is 0 Å². The third-order valence-corrected chi connectivity index (χ3v) is 4.22. The van der Waals surface area contributed by atoms with Crippen LogP contribution in [-0.2, 0) is 0 Å². The van der Waals surface area contributed by atoms with Gasteiger partial charge in [0.05, 0.1) is 0 Å². The van der Waals surface area contributed by atoms with Gasteiger partial charge in [-0.2, -0.15) is 11.3 Å². The van der Waals surface area contributed by atoms with Crippen LogP contribution >= 0.6 is 11.3 Å². The topological polar surface area (TPSA) is 38.7 Å². The Labute approximate surface area is 126 Å². The van der Waals surface area contributed by atoms with Gasteiger partial charge in [-0.05, 0) is 51.7 Å². The Bertz CT molecular complexity index is 794. The van der Waals surface area contributed by atoms with Crippen molar-refractivity contribution in [1.82, 2.24) is 0 Å². The van der Waals surface area contributed by atoms with E-state index in [9.17, 15) is 5.11 Å². The number of phenolic OH excluding ortho intramolecular Hbond substituents is 1. The van der Waals surface area contributed by atoms with Gasteiger partial charge in [0.1, 0.15) is 5.75 Å². The van der Waals surface area contributed by atoms with Crippen LogP contribution in [0.4, 0.5) is 0 Å². The van der Waals surface area contributed by atoms with Crippen molar-refractivity contribution < 1.29 is 14.6 Å². The zero-order valence-corrected chi connectivity index (χ0v) is 11.9. The molecule has 2 aromatic carbocycles. The zero-order valence-electron chi connectivity index (χ0n) is 11.1. The highest BCUT2D eigenvalue weighted by Crippen LogP contribution is 2.39. The van der Waals surface area contributed by atoms with E-state index in [1.807, 2.05) is 41.8 Å². The van der Waals surface area contributed by atoms with E-state index in [1.54, 1.807) is 17.4 Å². The standard InChI is InChI=1S/C17H12O3S/c18-15-7-11(13-5-6-21-9-13)1-3-14(15)12-2-4-16-17(8-12)20-10-19-16/h1-9,18H,10H2. The first kappa shape index (κ1) is 12.3. The molecule has 104 valence electrons. The molecule has 0 saturated heterocycles. The summed E-state index contributed by atoms with van der Waals surface area (Å²) < 4.78 is 10.7. The molecule has 0 radical (unpaired) electrons. The minimum atomic E-state index is 0.252. The first-order valence-electron chi connectivity index (χ1n) is 6.57. The molecule has 3 aromatic rings. The molecule has 4 rings (SSSR count). The summed E-state index contributed by atoms with van der Waals surface area (Å²) in [6, 6.07) is 13.5. The van der Waals surface area contributed by atoms with Crippen LogP contribution in [0.2, 0.25) is 0 Å². The van der Waals surface area contributed by atoms with E-state index in [2.05, 4.69) is 5.38 Å². The largest absolute Gasteiger partial charge is 0.507 e. The number of hydrogen-bond acceptors (Lipinski definition) is 4. The van der Waals surface area contributed by atoms with Crippen molar-refractivity contribution in [3.8, 4) is 39.5 Å². The van der Waals surface area contributed by atoms with E-state index >= 15 is 0 Å². The molecule has 1 aliphatic rings. The first-order chi connectivity index (χ1) is 10.3. The maximum Gasteiger partial charge on any atom is 0.231 e. The van der Waals surface area contributed by atoms with Gasteiger partial charge < -0.3 is 14.6 Å². The molecular weight excluding hydrogens is 284 g/mol. The summed E-state index contributed by atoms with van der Waals surface area (Å²) in [6.45, 7) is 0.252. The quantitative estimate of drug-likeness (QED) is 0.756. The van der Waals surface area contributed by atoms with Gasteiger partial charge >= 0.3 is 0 Å². The molecule has 0 amide bonds. The second-order valence-electron chi connectivity index (χ2n) is 4.81. The van der Waals surface area contributed by atoms with Crippen LogP contribution in [0, 0.1) is 0 Å². The molecule has 0 atom stereocenters. The summed E-state index contributed by atoms with van der Waals surface area (Å²) in [4.78, 5) is 0. The Hall–Kier alpha value is -2.46. The van der Waals surface area contributed by atoms with Gasteiger partial charge in [0.15, 0.2) is 11.5 Å². The molecular formula is C17H12O3S. The van der Waals surface area contributed by atoms with Gasteiger partial charge in [-0.15, -0.1) is 0 Å². The van der Waals surface area contributed by atoms with Crippen LogP contribution in [0.1, 0.15) is 0 Å². The lowest BCUT2D eigenvalue weighted by molar-refractivity contribution is 0.174. The van der Waals surface area contributed by atoms with E-state index < -0.39 is 0 Å².